The number of amides is 1. The third-order valence-electron chi connectivity index (χ3n) is 5.92. The average molecular weight is 427 g/mol. The number of nitrogens with zero attached hydrogens (tertiary/aromatic N) is 1. The summed E-state index contributed by atoms with van der Waals surface area (Å²) in [6.45, 7) is 3.93. The fourth-order valence-corrected chi connectivity index (χ4v) is 3.91. The van der Waals surface area contributed by atoms with Gasteiger partial charge in [0.2, 0.25) is 12.7 Å². The molecule has 2 aliphatic rings. The van der Waals surface area contributed by atoms with Crippen LogP contribution in [0.1, 0.15) is 25.3 Å². The molecule has 4 rings (SSSR count). The minimum Gasteiger partial charge on any atom is -0.454 e. The van der Waals surface area contributed by atoms with E-state index in [1.54, 1.807) is 6.92 Å². The van der Waals surface area contributed by atoms with Crippen molar-refractivity contribution in [2.24, 2.45) is 0 Å². The van der Waals surface area contributed by atoms with E-state index in [0.717, 1.165) is 29.9 Å². The molecule has 1 saturated heterocycles. The molecule has 1 unspecified atom stereocenters. The van der Waals surface area contributed by atoms with Crippen LogP contribution in [0.3, 0.4) is 0 Å². The van der Waals surface area contributed by atoms with Gasteiger partial charge in [-0.15, -0.1) is 0 Å². The molecule has 9 heteroatoms. The molecule has 0 aromatic heterocycles. The first-order valence-corrected chi connectivity index (χ1v) is 10.2. The molecule has 1 fully saturated rings. The van der Waals surface area contributed by atoms with Crippen molar-refractivity contribution in [2.75, 3.05) is 31.9 Å². The first-order valence-electron chi connectivity index (χ1n) is 10.2. The van der Waals surface area contributed by atoms with E-state index in [1.165, 1.54) is 24.3 Å². The van der Waals surface area contributed by atoms with Crippen molar-refractivity contribution < 1.29 is 23.9 Å². The van der Waals surface area contributed by atoms with Crippen molar-refractivity contribution in [1.29, 1.82) is 0 Å². The summed E-state index contributed by atoms with van der Waals surface area (Å²) in [4.78, 5) is 22.9. The second-order valence-corrected chi connectivity index (χ2v) is 7.86. The van der Waals surface area contributed by atoms with Gasteiger partial charge in [-0.05, 0) is 49.6 Å². The minimum atomic E-state index is -0.473. The van der Waals surface area contributed by atoms with Crippen LogP contribution in [0.5, 0.6) is 11.5 Å². The number of rotatable bonds is 7. The molecule has 0 bridgehead atoms. The summed E-state index contributed by atoms with van der Waals surface area (Å²) in [7, 11) is 0. The van der Waals surface area contributed by atoms with Crippen LogP contribution in [0.4, 0.5) is 11.4 Å². The molecule has 2 N–H and O–H groups in total. The maximum Gasteiger partial charge on any atom is 0.269 e. The number of nitro benzene ring substituents is 1. The molecular weight excluding hydrogens is 402 g/mol. The summed E-state index contributed by atoms with van der Waals surface area (Å²) in [6.07, 6.45) is 1.66. The summed E-state index contributed by atoms with van der Waals surface area (Å²) in [5, 5.41) is 16.9. The molecule has 2 heterocycles. The molecule has 9 nitrogen and oxygen atoms in total. The monoisotopic (exact) mass is 427 g/mol. The van der Waals surface area contributed by atoms with Gasteiger partial charge < -0.3 is 24.8 Å². The number of anilines is 1. The molecule has 0 radical (unpaired) electrons. The van der Waals surface area contributed by atoms with E-state index < -0.39 is 11.0 Å². The Morgan fingerprint density at radius 2 is 1.84 bits per heavy atom. The number of fused-ring (bicyclic) bond motifs is 1. The van der Waals surface area contributed by atoms with Crippen LogP contribution in [0.25, 0.3) is 0 Å². The predicted molar refractivity (Wildman–Crippen MR) is 113 cm³/mol. The number of hydrogen-bond acceptors (Lipinski definition) is 7. The van der Waals surface area contributed by atoms with Crippen LogP contribution in [-0.2, 0) is 14.9 Å². The Kier molecular flexibility index (Phi) is 6.06. The van der Waals surface area contributed by atoms with Crippen molar-refractivity contribution in [3.63, 3.8) is 0 Å². The van der Waals surface area contributed by atoms with Crippen LogP contribution in [-0.4, -0.2) is 43.4 Å². The van der Waals surface area contributed by atoms with E-state index >= 15 is 0 Å². The predicted octanol–water partition coefficient (Wildman–Crippen LogP) is 2.99. The van der Waals surface area contributed by atoms with Gasteiger partial charge in [-0.1, -0.05) is 6.07 Å². The first-order chi connectivity index (χ1) is 15.0. The number of non-ortho nitro benzene ring substituents is 1. The number of hydrogen-bond donors (Lipinski definition) is 2. The summed E-state index contributed by atoms with van der Waals surface area (Å²) >= 11 is 0. The highest BCUT2D eigenvalue weighted by Gasteiger charge is 2.36. The van der Waals surface area contributed by atoms with Crippen molar-refractivity contribution in [3.8, 4) is 11.5 Å². The number of nitro groups is 1. The van der Waals surface area contributed by atoms with E-state index in [-0.39, 0.29) is 23.8 Å². The lowest BCUT2D eigenvalue weighted by Crippen LogP contribution is -2.48. The van der Waals surface area contributed by atoms with E-state index in [2.05, 4.69) is 16.7 Å². The van der Waals surface area contributed by atoms with Crippen LogP contribution >= 0.6 is 0 Å². The standard InChI is InChI=1S/C22H25N3O6/c1-15(21(26)24-17-3-5-18(6-4-17)25(27)28)23-13-22(8-10-29-11-9-22)16-2-7-19-20(12-16)31-14-30-19/h2-7,12,15,23H,8-11,13-14H2,1H3,(H,24,26). The second kappa shape index (κ2) is 8.91. The maximum absolute atomic E-state index is 12.6. The van der Waals surface area contributed by atoms with Crippen molar-refractivity contribution in [1.82, 2.24) is 5.32 Å². The zero-order chi connectivity index (χ0) is 21.8. The first kappa shape index (κ1) is 21.1. The highest BCUT2D eigenvalue weighted by atomic mass is 16.7. The fourth-order valence-electron chi connectivity index (χ4n) is 3.91. The lowest BCUT2D eigenvalue weighted by atomic mass is 9.74. The lowest BCUT2D eigenvalue weighted by Gasteiger charge is -2.38. The Balaban J connectivity index is 1.42. The van der Waals surface area contributed by atoms with Crippen molar-refractivity contribution >= 4 is 17.3 Å². The van der Waals surface area contributed by atoms with Crippen LogP contribution in [0.2, 0.25) is 0 Å². The zero-order valence-electron chi connectivity index (χ0n) is 17.3. The highest BCUT2D eigenvalue weighted by Crippen LogP contribution is 2.40. The molecule has 164 valence electrons. The molecular formula is C22H25N3O6. The van der Waals surface area contributed by atoms with Gasteiger partial charge in [-0.3, -0.25) is 14.9 Å². The van der Waals surface area contributed by atoms with Gasteiger partial charge >= 0.3 is 0 Å². The number of benzene rings is 2. The molecule has 2 aromatic carbocycles. The second-order valence-electron chi connectivity index (χ2n) is 7.86. The van der Waals surface area contributed by atoms with Crippen LogP contribution in [0, 0.1) is 10.1 Å². The quantitative estimate of drug-likeness (QED) is 0.516. The molecule has 2 aliphatic heterocycles. The summed E-state index contributed by atoms with van der Waals surface area (Å²) in [5.41, 5.74) is 1.45. The third kappa shape index (κ3) is 4.62. The van der Waals surface area contributed by atoms with Gasteiger partial charge in [-0.25, -0.2) is 0 Å². The van der Waals surface area contributed by atoms with Gasteiger partial charge in [0.25, 0.3) is 5.69 Å². The summed E-state index contributed by atoms with van der Waals surface area (Å²) in [6, 6.07) is 11.3. The largest absolute Gasteiger partial charge is 0.454 e. The Labute approximate surface area is 179 Å². The molecule has 1 amide bonds. The van der Waals surface area contributed by atoms with Gasteiger partial charge in [0, 0.05) is 43.0 Å². The van der Waals surface area contributed by atoms with Gasteiger partial charge in [-0.2, -0.15) is 0 Å². The van der Waals surface area contributed by atoms with Gasteiger partial charge in [0.1, 0.15) is 0 Å². The molecule has 0 saturated carbocycles. The molecule has 2 aromatic rings. The number of carbonyl (C=O) groups is 1. The molecule has 0 aliphatic carbocycles. The van der Waals surface area contributed by atoms with Crippen LogP contribution in [0.15, 0.2) is 42.5 Å². The average Bonchev–Trinajstić information content (AvgIpc) is 3.26. The van der Waals surface area contributed by atoms with E-state index in [1.807, 2.05) is 12.1 Å². The molecule has 0 spiro atoms. The van der Waals surface area contributed by atoms with E-state index in [4.69, 9.17) is 14.2 Å². The number of carbonyl (C=O) groups excluding carboxylic acids is 1. The SMILES string of the molecule is CC(NCC1(c2ccc3c(c2)OCO3)CCOCC1)C(=O)Nc1ccc([N+](=O)[O-])cc1. The number of ether oxygens (including phenoxy) is 3. The lowest BCUT2D eigenvalue weighted by molar-refractivity contribution is -0.384. The minimum absolute atomic E-state index is 0.0191. The normalized spacial score (nSPS) is 17.7. The topological polar surface area (TPSA) is 112 Å². The smallest absolute Gasteiger partial charge is 0.269 e. The van der Waals surface area contributed by atoms with Crippen LogP contribution < -0.4 is 20.1 Å². The Hall–Kier alpha value is -3.17. The van der Waals surface area contributed by atoms with Gasteiger partial charge in [0.15, 0.2) is 11.5 Å². The van der Waals surface area contributed by atoms with E-state index in [9.17, 15) is 14.9 Å². The van der Waals surface area contributed by atoms with E-state index in [0.29, 0.717) is 25.4 Å². The highest BCUT2D eigenvalue weighted by molar-refractivity contribution is 5.94. The van der Waals surface area contributed by atoms with Crippen molar-refractivity contribution in [2.45, 2.75) is 31.2 Å². The van der Waals surface area contributed by atoms with Crippen molar-refractivity contribution in [3.05, 3.63) is 58.1 Å². The molecule has 31 heavy (non-hydrogen) atoms. The Morgan fingerprint density at radius 3 is 2.55 bits per heavy atom. The Bertz CT molecular complexity index is 956. The number of nitrogens with one attached hydrogen (secondary N) is 2. The van der Waals surface area contributed by atoms with Gasteiger partial charge in [0.05, 0.1) is 11.0 Å². The Morgan fingerprint density at radius 1 is 1.13 bits per heavy atom. The fraction of sp³-hybridized carbons (Fsp3) is 0.409. The molecule has 1 atom stereocenters. The summed E-state index contributed by atoms with van der Waals surface area (Å²) < 4.78 is 16.6. The maximum atomic E-state index is 12.6. The summed E-state index contributed by atoms with van der Waals surface area (Å²) in [5.74, 6) is 1.28. The third-order valence-corrected chi connectivity index (χ3v) is 5.92. The zero-order valence-corrected chi connectivity index (χ0v) is 17.3.